The van der Waals surface area contributed by atoms with Gasteiger partial charge in [-0.2, -0.15) is 0 Å². The Balaban J connectivity index is 0.000000465. The van der Waals surface area contributed by atoms with Gasteiger partial charge in [-0.3, -0.25) is 0 Å². The highest BCUT2D eigenvalue weighted by molar-refractivity contribution is 7.41. The van der Waals surface area contributed by atoms with Gasteiger partial charge in [0, 0.05) is 17.0 Å². The molecule has 0 saturated carbocycles. The number of hydrogen-bond acceptors (Lipinski definition) is 0. The maximum absolute atomic E-state index is 13.6. The van der Waals surface area contributed by atoms with E-state index in [1.54, 1.807) is 42.5 Å². The summed E-state index contributed by atoms with van der Waals surface area (Å²) in [5.74, 6) is 0.365. The van der Waals surface area contributed by atoms with E-state index in [0.29, 0.717) is 26.4 Å². The van der Waals surface area contributed by atoms with E-state index in [9.17, 15) is 30.4 Å². The second kappa shape index (κ2) is 7.92. The van der Waals surface area contributed by atoms with Crippen LogP contribution in [-0.4, -0.2) is 7.25 Å². The van der Waals surface area contributed by atoms with Crippen molar-refractivity contribution in [2.45, 2.75) is 25.3 Å². The Labute approximate surface area is 154 Å². The normalized spacial score (nSPS) is 12.9. The van der Waals surface area contributed by atoms with Crippen LogP contribution in [0.4, 0.5) is 30.4 Å². The number of hydrogen-bond donors (Lipinski definition) is 0. The van der Waals surface area contributed by atoms with Crippen molar-refractivity contribution in [2.75, 3.05) is 0 Å². The summed E-state index contributed by atoms with van der Waals surface area (Å²) in [5.41, 5.74) is -2.47. The lowest BCUT2D eigenvalue weighted by Gasteiger charge is -2.05. The Morgan fingerprint density at radius 1 is 0.852 bits per heavy atom. The average molecular weight is 408 g/mol. The van der Waals surface area contributed by atoms with Gasteiger partial charge in [0.15, 0.2) is 9.58 Å². The molecule has 1 unspecified atom stereocenters. The predicted octanol–water partition coefficient (Wildman–Crippen LogP) is 8.16. The number of benzene rings is 2. The van der Waals surface area contributed by atoms with E-state index in [1.165, 1.54) is 0 Å². The third-order valence-electron chi connectivity index (χ3n) is 3.74. The van der Waals surface area contributed by atoms with Crippen LogP contribution in [0.3, 0.4) is 0 Å². The van der Waals surface area contributed by atoms with Crippen LogP contribution in [-0.2, 0) is 5.51 Å². The van der Waals surface area contributed by atoms with Gasteiger partial charge >= 0.3 is 12.8 Å². The Morgan fingerprint density at radius 2 is 1.37 bits per heavy atom. The minimum Gasteiger partial charge on any atom is -0.418 e. The zero-order chi connectivity index (χ0) is 20.4. The van der Waals surface area contributed by atoms with E-state index >= 15 is 0 Å². The molecule has 0 N–H and O–H groups in total. The van der Waals surface area contributed by atoms with Gasteiger partial charge in [-0.25, -0.2) is 0 Å². The summed E-state index contributed by atoms with van der Waals surface area (Å²) in [6.07, 6.45) is 0. The van der Waals surface area contributed by atoms with Crippen molar-refractivity contribution in [3.8, 4) is 10.4 Å². The third kappa shape index (κ3) is 5.72. The SMILES string of the molecule is CC(C)c1ccc(-c2cc3ccccc3[s+]2C(F)(F)F)cc1.F[B-](F)(F)F. The van der Waals surface area contributed by atoms with Crippen molar-refractivity contribution in [3.63, 3.8) is 0 Å². The summed E-state index contributed by atoms with van der Waals surface area (Å²) >= 11 is 0. The second-order valence-electron chi connectivity index (χ2n) is 6.07. The van der Waals surface area contributed by atoms with Crippen LogP contribution in [0.25, 0.3) is 20.5 Å². The van der Waals surface area contributed by atoms with Crippen LogP contribution in [0.5, 0.6) is 0 Å². The van der Waals surface area contributed by atoms with E-state index in [-0.39, 0.29) is 0 Å². The van der Waals surface area contributed by atoms with Gasteiger partial charge in [0.25, 0.3) is 0 Å². The highest BCUT2D eigenvalue weighted by Gasteiger charge is 2.48. The molecule has 0 spiro atoms. The molecule has 0 aliphatic heterocycles. The molecule has 1 atom stereocenters. The van der Waals surface area contributed by atoms with E-state index in [0.717, 1.165) is 5.56 Å². The summed E-state index contributed by atoms with van der Waals surface area (Å²) in [7, 11) is -7.86. The van der Waals surface area contributed by atoms with E-state index in [4.69, 9.17) is 0 Å². The molecule has 27 heavy (non-hydrogen) atoms. The first-order valence-electron chi connectivity index (χ1n) is 7.97. The van der Waals surface area contributed by atoms with Crippen molar-refractivity contribution >= 4 is 27.8 Å². The molecular weight excluding hydrogens is 392 g/mol. The van der Waals surface area contributed by atoms with Crippen molar-refractivity contribution in [3.05, 3.63) is 60.2 Å². The second-order valence-corrected chi connectivity index (χ2v) is 8.02. The standard InChI is InChI=1S/C18H16F3S.BF4/c1-12(2)13-7-9-14(10-8-13)17-11-15-5-3-4-6-16(15)22(17)18(19,20)21;2-1(3,4)5/h3-12H,1-2H3;/q+1;-1. The minimum atomic E-state index is -6.00. The van der Waals surface area contributed by atoms with Crippen LogP contribution >= 0.6 is 10.5 Å². The predicted molar refractivity (Wildman–Crippen MR) is 97.4 cm³/mol. The van der Waals surface area contributed by atoms with E-state index in [2.05, 4.69) is 13.8 Å². The van der Waals surface area contributed by atoms with E-state index in [1.807, 2.05) is 12.1 Å². The van der Waals surface area contributed by atoms with Crippen molar-refractivity contribution in [2.24, 2.45) is 0 Å². The molecule has 3 aromatic rings. The highest BCUT2D eigenvalue weighted by Crippen LogP contribution is 2.54. The maximum Gasteiger partial charge on any atom is 0.673 e. The summed E-state index contributed by atoms with van der Waals surface area (Å²) in [6, 6.07) is 15.9. The van der Waals surface area contributed by atoms with Gasteiger partial charge in [-0.15, -0.1) is 13.2 Å². The lowest BCUT2D eigenvalue weighted by Crippen LogP contribution is -2.02. The summed E-state index contributed by atoms with van der Waals surface area (Å²) < 4.78 is 80.0. The van der Waals surface area contributed by atoms with Crippen molar-refractivity contribution in [1.82, 2.24) is 0 Å². The van der Waals surface area contributed by atoms with Gasteiger partial charge in [-0.05, 0) is 35.7 Å². The van der Waals surface area contributed by atoms with Gasteiger partial charge in [-0.1, -0.05) is 38.1 Å². The molecule has 146 valence electrons. The third-order valence-corrected chi connectivity index (χ3v) is 5.81. The first-order chi connectivity index (χ1) is 12.4. The van der Waals surface area contributed by atoms with Gasteiger partial charge < -0.3 is 17.3 Å². The Bertz CT molecular complexity index is 887. The number of halogens is 7. The van der Waals surface area contributed by atoms with Crippen LogP contribution in [0.2, 0.25) is 0 Å². The fourth-order valence-corrected chi connectivity index (χ4v) is 4.52. The highest BCUT2D eigenvalue weighted by atomic mass is 32.2. The molecular formula is C18H16BF7S. The van der Waals surface area contributed by atoms with Gasteiger partial charge in [0.1, 0.15) is 10.5 Å². The average Bonchev–Trinajstić information content (AvgIpc) is 2.93. The molecule has 0 amide bonds. The number of fused-ring (bicyclic) bond motifs is 1. The largest absolute Gasteiger partial charge is 0.673 e. The van der Waals surface area contributed by atoms with Crippen molar-refractivity contribution in [1.29, 1.82) is 0 Å². The van der Waals surface area contributed by atoms with Gasteiger partial charge in [0.2, 0.25) is 0 Å². The quantitative estimate of drug-likeness (QED) is 0.228. The van der Waals surface area contributed by atoms with Gasteiger partial charge in [0.05, 0.1) is 0 Å². The smallest absolute Gasteiger partial charge is 0.418 e. The molecule has 0 radical (unpaired) electrons. The number of rotatable bonds is 2. The maximum atomic E-state index is 13.6. The van der Waals surface area contributed by atoms with Crippen LogP contribution in [0.1, 0.15) is 25.3 Å². The minimum absolute atomic E-state index is 0.365. The Kier molecular flexibility index (Phi) is 6.24. The fourth-order valence-electron chi connectivity index (χ4n) is 2.59. The number of alkyl halides is 3. The molecule has 0 fully saturated rings. The molecule has 0 nitrogen and oxygen atoms in total. The molecule has 1 heterocycles. The van der Waals surface area contributed by atoms with Crippen LogP contribution in [0, 0.1) is 0 Å². The molecule has 9 heteroatoms. The van der Waals surface area contributed by atoms with E-state index < -0.39 is 23.2 Å². The topological polar surface area (TPSA) is 0 Å². The van der Waals surface area contributed by atoms with Crippen LogP contribution < -0.4 is 0 Å². The Morgan fingerprint density at radius 3 is 1.85 bits per heavy atom. The fraction of sp³-hybridized carbons (Fsp3) is 0.222. The number of thiophene rings is 1. The first-order valence-corrected chi connectivity index (χ1v) is 9.20. The Hall–Kier alpha value is -2.03. The lowest BCUT2D eigenvalue weighted by atomic mass is 10.0. The molecule has 0 saturated heterocycles. The van der Waals surface area contributed by atoms with Crippen LogP contribution in [0.15, 0.2) is 54.6 Å². The molecule has 0 aliphatic carbocycles. The molecule has 1 aromatic heterocycles. The lowest BCUT2D eigenvalue weighted by molar-refractivity contribution is -0.0864. The summed E-state index contributed by atoms with van der Waals surface area (Å²) in [6.45, 7) is 4.14. The zero-order valence-electron chi connectivity index (χ0n) is 14.4. The molecule has 2 aromatic carbocycles. The molecule has 0 aliphatic rings. The first kappa shape index (κ1) is 21.3. The zero-order valence-corrected chi connectivity index (χ0v) is 15.2. The van der Waals surface area contributed by atoms with Crippen molar-refractivity contribution < 1.29 is 30.4 Å². The summed E-state index contributed by atoms with van der Waals surface area (Å²) in [4.78, 5) is 0.365. The monoisotopic (exact) mass is 408 g/mol. The molecule has 3 rings (SSSR count). The summed E-state index contributed by atoms with van der Waals surface area (Å²) in [5, 5.41) is 0.672. The molecule has 0 bridgehead atoms.